The summed E-state index contributed by atoms with van der Waals surface area (Å²) in [5.41, 5.74) is 3.99. The highest BCUT2D eigenvalue weighted by atomic mass is 16.5. The number of methoxy groups -OCH3 is 3. The highest BCUT2D eigenvalue weighted by Gasteiger charge is 2.12. The van der Waals surface area contributed by atoms with Crippen LogP contribution in [0.2, 0.25) is 0 Å². The lowest BCUT2D eigenvalue weighted by Gasteiger charge is -2.12. The van der Waals surface area contributed by atoms with E-state index in [-0.39, 0.29) is 5.91 Å². The number of nitrogens with one attached hydrogen (secondary N) is 2. The number of nitrogens with zero attached hydrogens (tertiary/aromatic N) is 2. The van der Waals surface area contributed by atoms with Gasteiger partial charge in [0.1, 0.15) is 11.6 Å². The van der Waals surface area contributed by atoms with Gasteiger partial charge in [0.25, 0.3) is 0 Å². The molecule has 0 saturated carbocycles. The van der Waals surface area contributed by atoms with Crippen LogP contribution in [0, 0.1) is 6.92 Å². The Morgan fingerprint density at radius 1 is 0.811 bits per heavy atom. The molecule has 0 unspecified atom stereocenters. The second kappa shape index (κ2) is 11.7. The van der Waals surface area contributed by atoms with Gasteiger partial charge < -0.3 is 24.8 Å². The second-order valence-electron chi connectivity index (χ2n) is 8.04. The number of carbonyl (C=O) groups is 1. The van der Waals surface area contributed by atoms with Crippen molar-refractivity contribution in [3.8, 4) is 28.5 Å². The molecule has 188 valence electrons. The highest BCUT2D eigenvalue weighted by molar-refractivity contribution is 6.02. The van der Waals surface area contributed by atoms with Crippen molar-refractivity contribution in [2.45, 2.75) is 6.92 Å². The maximum absolute atomic E-state index is 12.6. The molecule has 4 aromatic rings. The van der Waals surface area contributed by atoms with Crippen molar-refractivity contribution < 1.29 is 19.0 Å². The van der Waals surface area contributed by atoms with E-state index in [2.05, 4.69) is 20.6 Å². The predicted molar refractivity (Wildman–Crippen MR) is 146 cm³/mol. The fraction of sp³-hybridized carbons (Fsp3) is 0.138. The van der Waals surface area contributed by atoms with Gasteiger partial charge in [-0.2, -0.15) is 0 Å². The Balaban J connectivity index is 1.47. The van der Waals surface area contributed by atoms with Crippen LogP contribution < -0.4 is 24.8 Å². The Morgan fingerprint density at radius 3 is 2.19 bits per heavy atom. The lowest BCUT2D eigenvalue weighted by molar-refractivity contribution is -0.111. The van der Waals surface area contributed by atoms with Crippen molar-refractivity contribution in [3.05, 3.63) is 90.3 Å². The third kappa shape index (κ3) is 6.43. The zero-order valence-corrected chi connectivity index (χ0v) is 21.1. The number of amides is 1. The summed E-state index contributed by atoms with van der Waals surface area (Å²) in [6.07, 6.45) is 3.12. The van der Waals surface area contributed by atoms with E-state index >= 15 is 0 Å². The molecule has 0 aliphatic heterocycles. The first kappa shape index (κ1) is 25.2. The maximum Gasteiger partial charge on any atom is 0.248 e. The molecule has 0 bridgehead atoms. The van der Waals surface area contributed by atoms with E-state index in [0.29, 0.717) is 34.6 Å². The fourth-order valence-electron chi connectivity index (χ4n) is 3.76. The topological polar surface area (TPSA) is 94.6 Å². The summed E-state index contributed by atoms with van der Waals surface area (Å²) < 4.78 is 16.1. The first-order valence-electron chi connectivity index (χ1n) is 11.6. The van der Waals surface area contributed by atoms with Gasteiger partial charge in [0, 0.05) is 29.1 Å². The molecule has 2 N–H and O–H groups in total. The van der Waals surface area contributed by atoms with Gasteiger partial charge in [-0.25, -0.2) is 9.97 Å². The summed E-state index contributed by atoms with van der Waals surface area (Å²) in [6.45, 7) is 1.86. The van der Waals surface area contributed by atoms with E-state index in [0.717, 1.165) is 22.5 Å². The largest absolute Gasteiger partial charge is 0.493 e. The Hall–Kier alpha value is -4.85. The van der Waals surface area contributed by atoms with Crippen LogP contribution in [0.3, 0.4) is 0 Å². The van der Waals surface area contributed by atoms with Gasteiger partial charge in [-0.1, -0.05) is 36.4 Å². The Kier molecular flexibility index (Phi) is 8.00. The summed E-state index contributed by atoms with van der Waals surface area (Å²) in [5, 5.41) is 6.18. The van der Waals surface area contributed by atoms with Crippen LogP contribution in [-0.4, -0.2) is 37.2 Å². The van der Waals surface area contributed by atoms with Crippen LogP contribution in [0.5, 0.6) is 17.2 Å². The molecule has 0 saturated heterocycles. The number of rotatable bonds is 9. The lowest BCUT2D eigenvalue weighted by atomic mass is 10.1. The van der Waals surface area contributed by atoms with Crippen molar-refractivity contribution in [2.75, 3.05) is 32.0 Å². The minimum atomic E-state index is -0.282. The van der Waals surface area contributed by atoms with Crippen LogP contribution in [-0.2, 0) is 4.79 Å². The molecule has 0 fully saturated rings. The summed E-state index contributed by atoms with van der Waals surface area (Å²) in [7, 11) is 4.63. The van der Waals surface area contributed by atoms with Crippen LogP contribution >= 0.6 is 0 Å². The van der Waals surface area contributed by atoms with Gasteiger partial charge in [-0.15, -0.1) is 0 Å². The quantitative estimate of drug-likeness (QED) is 0.280. The Bertz CT molecular complexity index is 1400. The van der Waals surface area contributed by atoms with E-state index in [4.69, 9.17) is 14.2 Å². The molecule has 1 heterocycles. The average molecular weight is 497 g/mol. The molecular formula is C29H28N4O4. The SMILES string of the molecule is COc1cc(/C=C/C(=O)Nc2cccc(Nc3cc(-c4ccccc4)nc(C)n3)c2)cc(OC)c1OC. The van der Waals surface area contributed by atoms with Crippen molar-refractivity contribution in [1.82, 2.24) is 9.97 Å². The average Bonchev–Trinajstić information content (AvgIpc) is 2.91. The van der Waals surface area contributed by atoms with E-state index < -0.39 is 0 Å². The van der Waals surface area contributed by atoms with Gasteiger partial charge in [-0.3, -0.25) is 4.79 Å². The van der Waals surface area contributed by atoms with E-state index in [1.165, 1.54) is 6.08 Å². The second-order valence-corrected chi connectivity index (χ2v) is 8.04. The molecular weight excluding hydrogens is 468 g/mol. The zero-order valence-electron chi connectivity index (χ0n) is 21.1. The number of ether oxygens (including phenoxy) is 3. The normalized spacial score (nSPS) is 10.7. The minimum absolute atomic E-state index is 0.282. The standard InChI is InChI=1S/C29H28N4O4/c1-19-30-24(21-9-6-5-7-10-21)18-27(31-19)32-22-11-8-12-23(17-22)33-28(34)14-13-20-15-25(35-2)29(37-4)26(16-20)36-3/h5-18H,1-4H3,(H,33,34)(H,30,31,32)/b14-13+. The molecule has 0 aliphatic carbocycles. The van der Waals surface area contributed by atoms with E-state index in [1.54, 1.807) is 39.5 Å². The molecule has 0 aliphatic rings. The fourth-order valence-corrected chi connectivity index (χ4v) is 3.76. The summed E-state index contributed by atoms with van der Waals surface area (Å²) in [6, 6.07) is 22.8. The molecule has 0 spiro atoms. The summed E-state index contributed by atoms with van der Waals surface area (Å²) in [5.74, 6) is 2.55. The first-order valence-corrected chi connectivity index (χ1v) is 11.6. The van der Waals surface area contributed by atoms with Gasteiger partial charge in [0.15, 0.2) is 11.5 Å². The molecule has 3 aromatic carbocycles. The van der Waals surface area contributed by atoms with Crippen LogP contribution in [0.4, 0.5) is 17.2 Å². The molecule has 8 heteroatoms. The van der Waals surface area contributed by atoms with E-state index in [1.807, 2.05) is 67.6 Å². The Morgan fingerprint density at radius 2 is 1.51 bits per heavy atom. The third-order valence-electron chi connectivity index (χ3n) is 5.42. The molecule has 1 amide bonds. The summed E-state index contributed by atoms with van der Waals surface area (Å²) in [4.78, 5) is 21.6. The highest BCUT2D eigenvalue weighted by Crippen LogP contribution is 2.38. The number of carbonyl (C=O) groups excluding carboxylic acids is 1. The van der Waals surface area contributed by atoms with Gasteiger partial charge >= 0.3 is 0 Å². The van der Waals surface area contributed by atoms with E-state index in [9.17, 15) is 4.79 Å². The van der Waals surface area contributed by atoms with Gasteiger partial charge in [0.2, 0.25) is 11.7 Å². The maximum atomic E-state index is 12.6. The minimum Gasteiger partial charge on any atom is -0.493 e. The molecule has 0 radical (unpaired) electrons. The first-order chi connectivity index (χ1) is 18.0. The van der Waals surface area contributed by atoms with Crippen LogP contribution in [0.1, 0.15) is 11.4 Å². The van der Waals surface area contributed by atoms with Crippen LogP contribution in [0.25, 0.3) is 17.3 Å². The van der Waals surface area contributed by atoms with Crippen molar-refractivity contribution in [3.63, 3.8) is 0 Å². The molecule has 1 aromatic heterocycles. The number of hydrogen-bond donors (Lipinski definition) is 2. The van der Waals surface area contributed by atoms with Crippen molar-refractivity contribution in [1.29, 1.82) is 0 Å². The number of anilines is 3. The predicted octanol–water partition coefficient (Wildman–Crippen LogP) is 5.87. The number of aryl methyl sites for hydroxylation is 1. The molecule has 4 rings (SSSR count). The molecule has 37 heavy (non-hydrogen) atoms. The third-order valence-corrected chi connectivity index (χ3v) is 5.42. The zero-order chi connectivity index (χ0) is 26.2. The Labute approximate surface area is 216 Å². The number of hydrogen-bond acceptors (Lipinski definition) is 7. The van der Waals surface area contributed by atoms with Crippen molar-refractivity contribution in [2.24, 2.45) is 0 Å². The van der Waals surface area contributed by atoms with Gasteiger partial charge in [-0.05, 0) is 48.9 Å². The monoisotopic (exact) mass is 496 g/mol. The van der Waals surface area contributed by atoms with Crippen LogP contribution in [0.15, 0.2) is 78.9 Å². The van der Waals surface area contributed by atoms with Gasteiger partial charge in [0.05, 0.1) is 27.0 Å². The number of aromatic nitrogens is 2. The molecule has 8 nitrogen and oxygen atoms in total. The number of benzene rings is 3. The summed E-state index contributed by atoms with van der Waals surface area (Å²) >= 11 is 0. The van der Waals surface area contributed by atoms with Crippen molar-refractivity contribution >= 4 is 29.2 Å². The smallest absolute Gasteiger partial charge is 0.248 e. The molecule has 0 atom stereocenters. The lowest BCUT2D eigenvalue weighted by Crippen LogP contribution is -2.08.